The van der Waals surface area contributed by atoms with Crippen LogP contribution in [0.25, 0.3) is 0 Å². The van der Waals surface area contributed by atoms with Crippen LogP contribution in [0.4, 0.5) is 0 Å². The van der Waals surface area contributed by atoms with Gasteiger partial charge in [0.25, 0.3) is 10.0 Å². The summed E-state index contributed by atoms with van der Waals surface area (Å²) < 4.78 is 29.4. The minimum atomic E-state index is -3.73. The Kier molecular flexibility index (Phi) is 3.06. The van der Waals surface area contributed by atoms with Gasteiger partial charge in [0.05, 0.1) is 6.54 Å². The van der Waals surface area contributed by atoms with Crippen molar-refractivity contribution in [3.8, 4) is 12.3 Å². The Morgan fingerprint density at radius 3 is 2.79 bits per heavy atom. The number of carbonyl (C=O) groups excluding carboxylic acids is 1. The van der Waals surface area contributed by atoms with E-state index in [1.165, 1.54) is 12.1 Å². The maximum Gasteiger partial charge on any atom is 0.274 e. The molecule has 14 heavy (non-hydrogen) atoms. The number of nitrogens with one attached hydrogen (secondary N) is 1. The molecule has 6 heteroatoms. The van der Waals surface area contributed by atoms with Crippen molar-refractivity contribution < 1.29 is 17.6 Å². The van der Waals surface area contributed by atoms with Gasteiger partial charge >= 0.3 is 0 Å². The van der Waals surface area contributed by atoms with E-state index < -0.39 is 10.0 Å². The lowest BCUT2D eigenvalue weighted by Crippen LogP contribution is -2.23. The largest absolute Gasteiger partial charge is 0.440 e. The van der Waals surface area contributed by atoms with Crippen molar-refractivity contribution in [2.75, 3.05) is 6.54 Å². The SMILES string of the molecule is C#CCNS(=O)(=O)c1ccc(C=O)o1. The molecule has 0 spiro atoms. The monoisotopic (exact) mass is 213 g/mol. The minimum Gasteiger partial charge on any atom is -0.440 e. The third-order valence-electron chi connectivity index (χ3n) is 1.35. The summed E-state index contributed by atoms with van der Waals surface area (Å²) in [4.78, 5) is 10.2. The molecule has 1 rings (SSSR count). The van der Waals surface area contributed by atoms with Crippen LogP contribution in [0.2, 0.25) is 0 Å². The summed E-state index contributed by atoms with van der Waals surface area (Å²) in [5, 5.41) is -0.324. The van der Waals surface area contributed by atoms with Crippen LogP contribution in [0, 0.1) is 12.3 Å². The first-order valence-electron chi connectivity index (χ1n) is 3.58. The van der Waals surface area contributed by atoms with E-state index in [2.05, 4.69) is 10.6 Å². The van der Waals surface area contributed by atoms with Gasteiger partial charge in [-0.25, -0.2) is 8.42 Å². The average Bonchev–Trinajstić information content (AvgIpc) is 2.63. The molecule has 1 N–H and O–H groups in total. The Bertz CT molecular complexity index is 466. The molecule has 0 amide bonds. The van der Waals surface area contributed by atoms with E-state index in [0.717, 1.165) is 0 Å². The third-order valence-corrected chi connectivity index (χ3v) is 2.62. The number of carbonyl (C=O) groups is 1. The van der Waals surface area contributed by atoms with Crippen molar-refractivity contribution >= 4 is 16.3 Å². The van der Waals surface area contributed by atoms with Gasteiger partial charge in [0.2, 0.25) is 5.09 Å². The average molecular weight is 213 g/mol. The van der Waals surface area contributed by atoms with Crippen LogP contribution in [0.5, 0.6) is 0 Å². The van der Waals surface area contributed by atoms with E-state index in [0.29, 0.717) is 6.29 Å². The summed E-state index contributed by atoms with van der Waals surface area (Å²) in [6.07, 6.45) is 5.30. The van der Waals surface area contributed by atoms with Gasteiger partial charge in [-0.3, -0.25) is 4.79 Å². The maximum atomic E-state index is 11.3. The summed E-state index contributed by atoms with van der Waals surface area (Å²) >= 11 is 0. The number of furan rings is 1. The van der Waals surface area contributed by atoms with Gasteiger partial charge in [-0.05, 0) is 12.1 Å². The highest BCUT2D eigenvalue weighted by Crippen LogP contribution is 2.11. The summed E-state index contributed by atoms with van der Waals surface area (Å²) in [6, 6.07) is 2.44. The molecule has 0 fully saturated rings. The van der Waals surface area contributed by atoms with Gasteiger partial charge in [0.15, 0.2) is 12.0 Å². The summed E-state index contributed by atoms with van der Waals surface area (Å²) in [5.74, 6) is 2.06. The fraction of sp³-hybridized carbons (Fsp3) is 0.125. The molecule has 1 aromatic heterocycles. The van der Waals surface area contributed by atoms with E-state index >= 15 is 0 Å². The lowest BCUT2D eigenvalue weighted by Gasteiger charge is -1.98. The Morgan fingerprint density at radius 1 is 1.57 bits per heavy atom. The van der Waals surface area contributed by atoms with Crippen LogP contribution in [-0.4, -0.2) is 21.2 Å². The van der Waals surface area contributed by atoms with Gasteiger partial charge in [-0.1, -0.05) is 5.92 Å². The zero-order valence-electron chi connectivity index (χ0n) is 7.06. The molecule has 1 heterocycles. The number of hydrogen-bond donors (Lipinski definition) is 1. The second-order valence-electron chi connectivity index (χ2n) is 2.30. The summed E-state index contributed by atoms with van der Waals surface area (Å²) in [7, 11) is -3.73. The number of aldehydes is 1. The molecule has 0 aromatic carbocycles. The van der Waals surface area contributed by atoms with Crippen LogP contribution in [-0.2, 0) is 10.0 Å². The van der Waals surface area contributed by atoms with E-state index in [1.54, 1.807) is 0 Å². The van der Waals surface area contributed by atoms with E-state index in [-0.39, 0.29) is 17.4 Å². The van der Waals surface area contributed by atoms with E-state index in [9.17, 15) is 13.2 Å². The highest BCUT2D eigenvalue weighted by Gasteiger charge is 2.17. The van der Waals surface area contributed by atoms with Gasteiger partial charge in [-0.15, -0.1) is 6.42 Å². The Labute approximate surface area is 81.2 Å². The van der Waals surface area contributed by atoms with E-state index in [4.69, 9.17) is 10.8 Å². The highest BCUT2D eigenvalue weighted by molar-refractivity contribution is 7.89. The number of rotatable bonds is 4. The lowest BCUT2D eigenvalue weighted by molar-refractivity contribution is 0.109. The van der Waals surface area contributed by atoms with Crippen LogP contribution in [0.3, 0.4) is 0 Å². The molecule has 0 aliphatic heterocycles. The zero-order valence-corrected chi connectivity index (χ0v) is 7.87. The number of hydrogen-bond acceptors (Lipinski definition) is 4. The fourth-order valence-corrected chi connectivity index (χ4v) is 1.62. The van der Waals surface area contributed by atoms with Crippen molar-refractivity contribution in [2.45, 2.75) is 5.09 Å². The molecule has 0 atom stereocenters. The molecule has 0 aliphatic rings. The second-order valence-corrected chi connectivity index (χ2v) is 4.00. The standard InChI is InChI=1S/C8H7NO4S/c1-2-5-9-14(11,12)8-4-3-7(6-10)13-8/h1,3-4,6,9H,5H2. The molecule has 0 unspecified atom stereocenters. The topological polar surface area (TPSA) is 76.4 Å². The molecule has 0 aliphatic carbocycles. The van der Waals surface area contributed by atoms with Crippen LogP contribution < -0.4 is 4.72 Å². The van der Waals surface area contributed by atoms with E-state index in [1.807, 2.05) is 0 Å². The van der Waals surface area contributed by atoms with Gasteiger partial charge in [0.1, 0.15) is 0 Å². The predicted octanol–water partition coefficient (Wildman–Crippen LogP) is 0.00360. The number of sulfonamides is 1. The Hall–Kier alpha value is -1.58. The molecule has 5 nitrogen and oxygen atoms in total. The highest BCUT2D eigenvalue weighted by atomic mass is 32.2. The van der Waals surface area contributed by atoms with Crippen LogP contribution >= 0.6 is 0 Å². The Balaban J connectivity index is 2.93. The van der Waals surface area contributed by atoms with Gasteiger partial charge in [-0.2, -0.15) is 4.72 Å². The molecule has 74 valence electrons. The van der Waals surface area contributed by atoms with Crippen LogP contribution in [0.1, 0.15) is 10.6 Å². The minimum absolute atomic E-state index is 0.0499. The maximum absolute atomic E-state index is 11.3. The first-order valence-corrected chi connectivity index (χ1v) is 5.06. The molecule has 0 saturated carbocycles. The smallest absolute Gasteiger partial charge is 0.274 e. The first kappa shape index (κ1) is 10.5. The molecule has 1 aromatic rings. The van der Waals surface area contributed by atoms with Crippen molar-refractivity contribution in [2.24, 2.45) is 0 Å². The number of terminal acetylenes is 1. The molecular formula is C8H7NO4S. The van der Waals surface area contributed by atoms with Crippen molar-refractivity contribution in [3.05, 3.63) is 17.9 Å². The molecule has 0 bridgehead atoms. The van der Waals surface area contributed by atoms with Crippen LogP contribution in [0.15, 0.2) is 21.6 Å². The molecular weight excluding hydrogens is 206 g/mol. The first-order chi connectivity index (χ1) is 6.60. The van der Waals surface area contributed by atoms with Gasteiger partial charge in [0, 0.05) is 0 Å². The van der Waals surface area contributed by atoms with Crippen molar-refractivity contribution in [1.82, 2.24) is 4.72 Å². The second kappa shape index (κ2) is 4.09. The van der Waals surface area contributed by atoms with Crippen molar-refractivity contribution in [1.29, 1.82) is 0 Å². The normalized spacial score (nSPS) is 10.8. The molecule has 0 saturated heterocycles. The quantitative estimate of drug-likeness (QED) is 0.564. The predicted molar refractivity (Wildman–Crippen MR) is 48.1 cm³/mol. The summed E-state index contributed by atoms with van der Waals surface area (Å²) in [5.41, 5.74) is 0. The lowest BCUT2D eigenvalue weighted by atomic mass is 10.5. The fourth-order valence-electron chi connectivity index (χ4n) is 0.750. The zero-order chi connectivity index (χ0) is 10.6. The third kappa shape index (κ3) is 2.22. The molecule has 0 radical (unpaired) electrons. The summed E-state index contributed by atoms with van der Waals surface area (Å²) in [6.45, 7) is -0.126. The Morgan fingerprint density at radius 2 is 2.29 bits per heavy atom. The van der Waals surface area contributed by atoms with Gasteiger partial charge < -0.3 is 4.42 Å². The van der Waals surface area contributed by atoms with Crippen molar-refractivity contribution in [3.63, 3.8) is 0 Å².